The van der Waals surface area contributed by atoms with Gasteiger partial charge in [0.05, 0.1) is 5.56 Å². The van der Waals surface area contributed by atoms with Crippen LogP contribution >= 0.6 is 11.3 Å². The number of thiophene rings is 1. The number of carbonyl (C=O) groups excluding carboxylic acids is 1. The van der Waals surface area contributed by atoms with Gasteiger partial charge in [-0.2, -0.15) is 0 Å². The summed E-state index contributed by atoms with van der Waals surface area (Å²) >= 11 is 1.68. The molecule has 4 nitrogen and oxygen atoms in total. The van der Waals surface area contributed by atoms with E-state index in [0.717, 1.165) is 6.42 Å². The molecule has 1 N–H and O–H groups in total. The van der Waals surface area contributed by atoms with E-state index in [4.69, 9.17) is 5.11 Å². The van der Waals surface area contributed by atoms with Gasteiger partial charge in [0.1, 0.15) is 0 Å². The second kappa shape index (κ2) is 6.54. The first kappa shape index (κ1) is 15.3. The first-order valence-corrected chi connectivity index (χ1v) is 7.50. The molecule has 21 heavy (non-hydrogen) atoms. The summed E-state index contributed by atoms with van der Waals surface area (Å²) in [5.74, 6) is -1.09. The van der Waals surface area contributed by atoms with Crippen molar-refractivity contribution >= 4 is 23.2 Å². The fourth-order valence-electron chi connectivity index (χ4n) is 2.02. The Hall–Kier alpha value is -2.14. The summed E-state index contributed by atoms with van der Waals surface area (Å²) in [5, 5.41) is 10.9. The first-order valence-electron chi connectivity index (χ1n) is 6.62. The molecular weight excluding hydrogens is 286 g/mol. The molecule has 0 spiro atoms. The molecule has 0 aliphatic carbocycles. The standard InChI is InChI=1S/C16H17NO3S/c1-11(10-14-4-3-9-21-14)17(2)15(18)12-5-7-13(8-6-12)16(19)20/h3-9,11H,10H2,1-2H3,(H,19,20). The number of hydrogen-bond donors (Lipinski definition) is 1. The molecule has 1 atom stereocenters. The fraction of sp³-hybridized carbons (Fsp3) is 0.250. The van der Waals surface area contributed by atoms with Crippen molar-refractivity contribution in [3.05, 3.63) is 57.8 Å². The Balaban J connectivity index is 2.05. The normalized spacial score (nSPS) is 11.9. The predicted octanol–water partition coefficient (Wildman–Crippen LogP) is 3.15. The van der Waals surface area contributed by atoms with E-state index in [1.54, 1.807) is 35.4 Å². The van der Waals surface area contributed by atoms with Crippen LogP contribution in [0.3, 0.4) is 0 Å². The summed E-state index contributed by atoms with van der Waals surface area (Å²) in [7, 11) is 1.77. The molecular formula is C16H17NO3S. The third-order valence-corrected chi connectivity index (χ3v) is 4.34. The maximum Gasteiger partial charge on any atom is 0.335 e. The number of likely N-dealkylation sites (N-methyl/N-ethyl adjacent to an activating group) is 1. The molecule has 1 heterocycles. The van der Waals surface area contributed by atoms with Gasteiger partial charge in [-0.15, -0.1) is 11.3 Å². The van der Waals surface area contributed by atoms with Crippen LogP contribution in [0.2, 0.25) is 0 Å². The van der Waals surface area contributed by atoms with Gasteiger partial charge in [0.25, 0.3) is 5.91 Å². The number of hydrogen-bond acceptors (Lipinski definition) is 3. The van der Waals surface area contributed by atoms with Crippen LogP contribution in [-0.2, 0) is 6.42 Å². The number of aromatic carboxylic acids is 1. The van der Waals surface area contributed by atoms with Crippen molar-refractivity contribution in [1.29, 1.82) is 0 Å². The molecule has 0 radical (unpaired) electrons. The summed E-state index contributed by atoms with van der Waals surface area (Å²) < 4.78 is 0. The second-order valence-corrected chi connectivity index (χ2v) is 5.96. The van der Waals surface area contributed by atoms with Gasteiger partial charge in [0.15, 0.2) is 0 Å². The van der Waals surface area contributed by atoms with Gasteiger partial charge in [-0.3, -0.25) is 4.79 Å². The molecule has 110 valence electrons. The minimum atomic E-state index is -0.992. The number of carboxylic acids is 1. The lowest BCUT2D eigenvalue weighted by Crippen LogP contribution is -2.36. The number of nitrogens with zero attached hydrogens (tertiary/aromatic N) is 1. The van der Waals surface area contributed by atoms with Crippen molar-refractivity contribution in [2.75, 3.05) is 7.05 Å². The van der Waals surface area contributed by atoms with Crippen LogP contribution in [0.1, 0.15) is 32.5 Å². The minimum Gasteiger partial charge on any atom is -0.478 e. The van der Waals surface area contributed by atoms with Gasteiger partial charge in [0.2, 0.25) is 0 Å². The average Bonchev–Trinajstić information content (AvgIpc) is 2.98. The summed E-state index contributed by atoms with van der Waals surface area (Å²) in [5.41, 5.74) is 0.682. The molecule has 0 fully saturated rings. The Morgan fingerprint density at radius 1 is 1.19 bits per heavy atom. The molecule has 1 aromatic carbocycles. The molecule has 5 heteroatoms. The van der Waals surface area contributed by atoms with E-state index in [2.05, 4.69) is 6.07 Å². The number of carbonyl (C=O) groups is 2. The Morgan fingerprint density at radius 2 is 1.81 bits per heavy atom. The third-order valence-electron chi connectivity index (χ3n) is 3.44. The zero-order valence-electron chi connectivity index (χ0n) is 11.9. The van der Waals surface area contributed by atoms with Crippen molar-refractivity contribution in [3.63, 3.8) is 0 Å². The van der Waals surface area contributed by atoms with Crippen LogP contribution in [0.4, 0.5) is 0 Å². The SMILES string of the molecule is CC(Cc1cccs1)N(C)C(=O)c1ccc(C(=O)O)cc1. The minimum absolute atomic E-state index is 0.0790. The van der Waals surface area contributed by atoms with Crippen molar-refractivity contribution in [2.45, 2.75) is 19.4 Å². The Labute approximate surface area is 127 Å². The molecule has 2 aromatic rings. The third kappa shape index (κ3) is 3.70. The van der Waals surface area contributed by atoms with Gasteiger partial charge >= 0.3 is 5.97 Å². The summed E-state index contributed by atoms with van der Waals surface area (Å²) in [4.78, 5) is 26.1. The zero-order chi connectivity index (χ0) is 15.4. The van der Waals surface area contributed by atoms with E-state index in [1.165, 1.54) is 17.0 Å². The molecule has 1 aromatic heterocycles. The van der Waals surface area contributed by atoms with Crippen LogP contribution in [0.25, 0.3) is 0 Å². The topological polar surface area (TPSA) is 57.6 Å². The highest BCUT2D eigenvalue weighted by Gasteiger charge is 2.18. The van der Waals surface area contributed by atoms with Crippen molar-refractivity contribution < 1.29 is 14.7 Å². The molecule has 1 unspecified atom stereocenters. The Kier molecular flexibility index (Phi) is 4.75. The van der Waals surface area contributed by atoms with Crippen molar-refractivity contribution in [1.82, 2.24) is 4.90 Å². The maximum atomic E-state index is 12.4. The molecule has 0 bridgehead atoms. The fourth-order valence-corrected chi connectivity index (χ4v) is 2.84. The largest absolute Gasteiger partial charge is 0.478 e. The van der Waals surface area contributed by atoms with Gasteiger partial charge in [-0.25, -0.2) is 4.79 Å². The molecule has 1 amide bonds. The van der Waals surface area contributed by atoms with Crippen molar-refractivity contribution in [3.8, 4) is 0 Å². The summed E-state index contributed by atoms with van der Waals surface area (Å²) in [6.45, 7) is 2.00. The Bertz CT molecular complexity index is 619. The van der Waals surface area contributed by atoms with E-state index >= 15 is 0 Å². The lowest BCUT2D eigenvalue weighted by molar-refractivity contribution is 0.0693. The molecule has 0 saturated carbocycles. The molecule has 2 rings (SSSR count). The monoisotopic (exact) mass is 303 g/mol. The lowest BCUT2D eigenvalue weighted by Gasteiger charge is -2.24. The van der Waals surface area contributed by atoms with Gasteiger partial charge < -0.3 is 10.0 Å². The first-order chi connectivity index (χ1) is 9.99. The van der Waals surface area contributed by atoms with Gasteiger partial charge in [0, 0.05) is 30.0 Å². The zero-order valence-corrected chi connectivity index (χ0v) is 12.8. The summed E-state index contributed by atoms with van der Waals surface area (Å²) in [6.07, 6.45) is 0.813. The van der Waals surface area contributed by atoms with Crippen LogP contribution in [-0.4, -0.2) is 35.0 Å². The van der Waals surface area contributed by atoms with Gasteiger partial charge in [-0.1, -0.05) is 6.07 Å². The highest BCUT2D eigenvalue weighted by molar-refractivity contribution is 7.09. The van der Waals surface area contributed by atoms with E-state index in [0.29, 0.717) is 5.56 Å². The maximum absolute atomic E-state index is 12.4. The second-order valence-electron chi connectivity index (χ2n) is 4.93. The smallest absolute Gasteiger partial charge is 0.335 e. The van der Waals surface area contributed by atoms with E-state index in [-0.39, 0.29) is 17.5 Å². The van der Waals surface area contributed by atoms with Gasteiger partial charge in [-0.05, 0) is 42.6 Å². The van der Waals surface area contributed by atoms with E-state index in [9.17, 15) is 9.59 Å². The Morgan fingerprint density at radius 3 is 2.33 bits per heavy atom. The van der Waals surface area contributed by atoms with Crippen LogP contribution in [0.15, 0.2) is 41.8 Å². The molecule has 0 aliphatic rings. The predicted molar refractivity (Wildman–Crippen MR) is 83.0 cm³/mol. The quantitative estimate of drug-likeness (QED) is 0.923. The number of rotatable bonds is 5. The molecule has 0 saturated heterocycles. The highest BCUT2D eigenvalue weighted by atomic mass is 32.1. The average molecular weight is 303 g/mol. The molecule has 0 aliphatic heterocycles. The number of benzene rings is 1. The lowest BCUT2D eigenvalue weighted by atomic mass is 10.1. The van der Waals surface area contributed by atoms with Crippen molar-refractivity contribution in [2.24, 2.45) is 0 Å². The summed E-state index contributed by atoms with van der Waals surface area (Å²) in [6, 6.07) is 10.1. The van der Waals surface area contributed by atoms with Crippen LogP contribution in [0, 0.1) is 0 Å². The number of amides is 1. The van der Waals surface area contributed by atoms with Crippen LogP contribution in [0.5, 0.6) is 0 Å². The highest BCUT2D eigenvalue weighted by Crippen LogP contribution is 2.15. The van der Waals surface area contributed by atoms with Crippen LogP contribution < -0.4 is 0 Å². The van der Waals surface area contributed by atoms with E-state index in [1.807, 2.05) is 18.4 Å². The number of carboxylic acid groups (broad SMARTS) is 1. The van der Waals surface area contributed by atoms with E-state index < -0.39 is 5.97 Å².